The summed E-state index contributed by atoms with van der Waals surface area (Å²) in [7, 11) is 0. The predicted octanol–water partition coefficient (Wildman–Crippen LogP) is 7.82. The van der Waals surface area contributed by atoms with Gasteiger partial charge < -0.3 is 15.0 Å². The van der Waals surface area contributed by atoms with Gasteiger partial charge in [-0.15, -0.1) is 0 Å². The van der Waals surface area contributed by atoms with Crippen LogP contribution >= 0.6 is 11.6 Å². The molecule has 1 saturated carbocycles. The fraction of sp³-hybridized carbons (Fsp3) is 0.400. The highest BCUT2D eigenvalue weighted by molar-refractivity contribution is 6.30. The average molecular weight is 578 g/mol. The first-order chi connectivity index (χ1) is 19.1. The molecule has 0 unspecified atom stereocenters. The summed E-state index contributed by atoms with van der Waals surface area (Å²) < 4.78 is 58.0. The van der Waals surface area contributed by atoms with Gasteiger partial charge in [-0.1, -0.05) is 73.3 Å². The molecule has 1 aliphatic carbocycles. The van der Waals surface area contributed by atoms with E-state index in [2.05, 4.69) is 15.0 Å². The topological polar surface area (TPSA) is 54.5 Å². The van der Waals surface area contributed by atoms with Crippen molar-refractivity contribution in [3.05, 3.63) is 94.8 Å². The van der Waals surface area contributed by atoms with Crippen molar-refractivity contribution < 1.29 is 27.1 Å². The number of hydrogen-bond acceptors (Lipinski definition) is 3. The van der Waals surface area contributed by atoms with Gasteiger partial charge in [0.2, 0.25) is 0 Å². The van der Waals surface area contributed by atoms with Crippen LogP contribution in [-0.2, 0) is 12.0 Å². The molecule has 0 aliphatic heterocycles. The van der Waals surface area contributed by atoms with Crippen molar-refractivity contribution in [2.24, 2.45) is 0 Å². The van der Waals surface area contributed by atoms with Crippen LogP contribution in [0.3, 0.4) is 0 Å². The van der Waals surface area contributed by atoms with E-state index in [1.165, 1.54) is 24.4 Å². The van der Waals surface area contributed by atoms with Gasteiger partial charge in [0.15, 0.2) is 0 Å². The molecule has 1 aromatic heterocycles. The molecule has 5 nitrogen and oxygen atoms in total. The summed E-state index contributed by atoms with van der Waals surface area (Å²) in [5.41, 5.74) is 0.169. The molecule has 0 spiro atoms. The van der Waals surface area contributed by atoms with E-state index < -0.39 is 23.8 Å². The molecule has 0 radical (unpaired) electrons. The first kappa shape index (κ1) is 29.6. The van der Waals surface area contributed by atoms with E-state index in [0.717, 1.165) is 37.7 Å². The van der Waals surface area contributed by atoms with Crippen LogP contribution in [0, 0.1) is 0 Å². The minimum atomic E-state index is -4.69. The lowest BCUT2D eigenvalue weighted by Crippen LogP contribution is -2.56. The molecule has 1 aliphatic rings. The Balaban J connectivity index is 1.85. The van der Waals surface area contributed by atoms with Gasteiger partial charge in [-0.2, -0.15) is 17.6 Å². The molecule has 1 N–H and O–H groups in total. The Hall–Kier alpha value is -3.33. The van der Waals surface area contributed by atoms with E-state index in [9.17, 15) is 22.4 Å². The Morgan fingerprint density at radius 1 is 1.07 bits per heavy atom. The van der Waals surface area contributed by atoms with Gasteiger partial charge >= 0.3 is 18.6 Å². The van der Waals surface area contributed by atoms with Crippen molar-refractivity contribution in [3.63, 3.8) is 0 Å². The fourth-order valence-electron chi connectivity index (χ4n) is 5.29. The van der Waals surface area contributed by atoms with Crippen molar-refractivity contribution >= 4 is 17.6 Å². The second kappa shape index (κ2) is 12.9. The monoisotopic (exact) mass is 577 g/mol. The molecule has 1 fully saturated rings. The number of amides is 2. The molecular formula is C30H32ClF4N3O2. The standard InChI is InChI=1S/C30H32ClF4N3O2/c1-2-38(24-13-7-4-8-14-24)28(39)37-29(19-21-10-5-3-6-11-21,26-17-16-23(31)20-36-26)22-12-9-15-25(18-22)40-30(34,35)27(32)33/h3,5-6,9-12,15-18,20,24,27H,2,4,7-8,13-14,19H2,1H3,(H,37,39)/t29-/m0/s1. The number of halogens is 5. The maximum absolute atomic E-state index is 14.0. The number of pyridine rings is 1. The number of carbonyl (C=O) groups excluding carboxylic acids is 1. The Morgan fingerprint density at radius 2 is 1.80 bits per heavy atom. The zero-order valence-electron chi connectivity index (χ0n) is 22.1. The second-order valence-electron chi connectivity index (χ2n) is 9.93. The summed E-state index contributed by atoms with van der Waals surface area (Å²) in [6.07, 6.45) is -2.13. The molecule has 214 valence electrons. The molecule has 3 aromatic rings. The highest BCUT2D eigenvalue weighted by Gasteiger charge is 2.45. The summed E-state index contributed by atoms with van der Waals surface area (Å²) in [6, 6.07) is 17.8. The van der Waals surface area contributed by atoms with Gasteiger partial charge in [0.1, 0.15) is 11.3 Å². The molecule has 0 saturated heterocycles. The Bertz CT molecular complexity index is 1260. The first-order valence-electron chi connectivity index (χ1n) is 13.3. The Labute approximate surface area is 236 Å². The average Bonchev–Trinajstić information content (AvgIpc) is 2.94. The third-order valence-corrected chi connectivity index (χ3v) is 7.47. The van der Waals surface area contributed by atoms with Crippen molar-refractivity contribution in [2.75, 3.05) is 6.54 Å². The number of alkyl halides is 4. The zero-order valence-corrected chi connectivity index (χ0v) is 22.9. The summed E-state index contributed by atoms with van der Waals surface area (Å²) in [5, 5.41) is 3.55. The number of hydrogen-bond donors (Lipinski definition) is 1. The lowest BCUT2D eigenvalue weighted by atomic mass is 9.80. The molecule has 2 amide bonds. The minimum Gasteiger partial charge on any atom is -0.428 e. The fourth-order valence-corrected chi connectivity index (χ4v) is 5.40. The normalized spacial score (nSPS) is 15.9. The summed E-state index contributed by atoms with van der Waals surface area (Å²) in [4.78, 5) is 20.3. The smallest absolute Gasteiger partial charge is 0.428 e. The molecule has 10 heteroatoms. The van der Waals surface area contributed by atoms with Crippen LogP contribution in [0.2, 0.25) is 5.02 Å². The maximum Gasteiger partial charge on any atom is 0.461 e. The lowest BCUT2D eigenvalue weighted by molar-refractivity contribution is -0.253. The molecule has 40 heavy (non-hydrogen) atoms. The quantitative estimate of drug-likeness (QED) is 0.250. The van der Waals surface area contributed by atoms with Gasteiger partial charge in [-0.05, 0) is 55.2 Å². The van der Waals surface area contributed by atoms with Crippen LogP contribution in [0.15, 0.2) is 72.9 Å². The molecular weight excluding hydrogens is 546 g/mol. The van der Waals surface area contributed by atoms with E-state index in [4.69, 9.17) is 11.6 Å². The van der Waals surface area contributed by atoms with Gasteiger partial charge in [-0.25, -0.2) is 4.79 Å². The summed E-state index contributed by atoms with van der Waals surface area (Å²) in [5.74, 6) is -0.469. The van der Waals surface area contributed by atoms with E-state index in [-0.39, 0.29) is 18.5 Å². The third-order valence-electron chi connectivity index (χ3n) is 7.25. The highest BCUT2D eigenvalue weighted by Crippen LogP contribution is 2.37. The van der Waals surface area contributed by atoms with Gasteiger partial charge in [0.25, 0.3) is 0 Å². The predicted molar refractivity (Wildman–Crippen MR) is 146 cm³/mol. The number of aromatic nitrogens is 1. The van der Waals surface area contributed by atoms with Gasteiger partial charge in [0, 0.05) is 25.2 Å². The van der Waals surface area contributed by atoms with Crippen LogP contribution in [0.4, 0.5) is 22.4 Å². The number of carbonyl (C=O) groups is 1. The molecule has 0 bridgehead atoms. The number of benzene rings is 2. The number of rotatable bonds is 10. The molecule has 1 atom stereocenters. The summed E-state index contributed by atoms with van der Waals surface area (Å²) in [6.45, 7) is 2.38. The zero-order chi connectivity index (χ0) is 28.8. The number of nitrogens with one attached hydrogen (secondary N) is 1. The molecule has 1 heterocycles. The lowest BCUT2D eigenvalue weighted by Gasteiger charge is -2.40. The third kappa shape index (κ3) is 6.86. The number of nitrogens with zero attached hydrogens (tertiary/aromatic N) is 2. The van der Waals surface area contributed by atoms with Crippen LogP contribution in [0.1, 0.15) is 55.8 Å². The van der Waals surface area contributed by atoms with Crippen LogP contribution in [0.25, 0.3) is 0 Å². The number of urea groups is 1. The van der Waals surface area contributed by atoms with Gasteiger partial charge in [-0.3, -0.25) is 4.98 Å². The van der Waals surface area contributed by atoms with Crippen molar-refractivity contribution in [1.29, 1.82) is 0 Å². The minimum absolute atomic E-state index is 0.0609. The molecule has 2 aromatic carbocycles. The van der Waals surface area contributed by atoms with E-state index in [0.29, 0.717) is 22.8 Å². The van der Waals surface area contributed by atoms with E-state index in [1.807, 2.05) is 37.3 Å². The van der Waals surface area contributed by atoms with E-state index >= 15 is 0 Å². The largest absolute Gasteiger partial charge is 0.461 e. The van der Waals surface area contributed by atoms with Gasteiger partial charge in [0.05, 0.1) is 10.7 Å². The van der Waals surface area contributed by atoms with Crippen LogP contribution in [-0.4, -0.2) is 41.0 Å². The highest BCUT2D eigenvalue weighted by atomic mass is 35.5. The maximum atomic E-state index is 14.0. The van der Waals surface area contributed by atoms with Crippen molar-refractivity contribution in [2.45, 2.75) is 69.6 Å². The first-order valence-corrected chi connectivity index (χ1v) is 13.7. The van der Waals surface area contributed by atoms with Crippen LogP contribution in [0.5, 0.6) is 5.75 Å². The summed E-state index contributed by atoms with van der Waals surface area (Å²) >= 11 is 6.14. The Kier molecular flexibility index (Phi) is 9.56. The SMILES string of the molecule is CCN(C(=O)N[C@@](Cc1ccccc1)(c1cccc(OC(F)(F)C(F)F)c1)c1ccc(Cl)cn1)C1CCCCC1. The van der Waals surface area contributed by atoms with E-state index in [1.54, 1.807) is 23.1 Å². The van der Waals surface area contributed by atoms with Crippen LogP contribution < -0.4 is 10.1 Å². The number of ether oxygens (including phenoxy) is 1. The Morgan fingerprint density at radius 3 is 2.42 bits per heavy atom. The molecule has 4 rings (SSSR count). The second-order valence-corrected chi connectivity index (χ2v) is 10.4. The van der Waals surface area contributed by atoms with Crippen molar-refractivity contribution in [1.82, 2.24) is 15.2 Å². The van der Waals surface area contributed by atoms with Crippen molar-refractivity contribution in [3.8, 4) is 5.75 Å².